The highest BCUT2D eigenvalue weighted by atomic mass is 15.1. The van der Waals surface area contributed by atoms with E-state index in [4.69, 9.17) is 0 Å². The van der Waals surface area contributed by atoms with Crippen LogP contribution in [0.25, 0.3) is 0 Å². The average Bonchev–Trinajstić information content (AvgIpc) is 2.38. The maximum atomic E-state index is 9.17. The Balaban J connectivity index is 2.56. The summed E-state index contributed by atoms with van der Waals surface area (Å²) in [6, 6.07) is 4.18. The van der Waals surface area contributed by atoms with Gasteiger partial charge in [-0.3, -0.25) is 4.98 Å². The predicted molar refractivity (Wildman–Crippen MR) is 79.3 cm³/mol. The van der Waals surface area contributed by atoms with E-state index >= 15 is 0 Å². The van der Waals surface area contributed by atoms with E-state index in [1.54, 1.807) is 0 Å². The average molecular weight is 260 g/mol. The molecule has 0 saturated carbocycles. The lowest BCUT2D eigenvalue weighted by Gasteiger charge is -2.18. The topological polar surface area (TPSA) is 52.0 Å². The van der Waals surface area contributed by atoms with Gasteiger partial charge in [0.1, 0.15) is 6.07 Å². The van der Waals surface area contributed by atoms with Crippen molar-refractivity contribution in [2.75, 3.05) is 31.5 Å². The number of pyridine rings is 1. The van der Waals surface area contributed by atoms with Crippen LogP contribution in [0.3, 0.4) is 0 Å². The van der Waals surface area contributed by atoms with E-state index in [9.17, 15) is 5.26 Å². The molecule has 1 aromatic heterocycles. The molecule has 1 rings (SSSR count). The molecule has 4 nitrogen and oxygen atoms in total. The second-order valence-electron chi connectivity index (χ2n) is 4.69. The minimum absolute atomic E-state index is 0.661. The summed E-state index contributed by atoms with van der Waals surface area (Å²) in [5, 5.41) is 12.5. The molecule has 1 heterocycles. The van der Waals surface area contributed by atoms with E-state index in [1.165, 1.54) is 0 Å². The van der Waals surface area contributed by atoms with Gasteiger partial charge in [0.25, 0.3) is 0 Å². The standard InChI is InChI=1S/C15H24N4/c1-5-19(6-2)9-7-8-17-15-10-12(3)18-13(4)14(15)11-16/h10H,5-9H2,1-4H3,(H,17,18). The van der Waals surface area contributed by atoms with Gasteiger partial charge in [-0.05, 0) is 46.0 Å². The van der Waals surface area contributed by atoms with E-state index in [1.807, 2.05) is 19.9 Å². The lowest BCUT2D eigenvalue weighted by Crippen LogP contribution is -2.25. The van der Waals surface area contributed by atoms with Crippen molar-refractivity contribution in [3.8, 4) is 6.07 Å². The minimum atomic E-state index is 0.661. The van der Waals surface area contributed by atoms with E-state index in [0.29, 0.717) is 5.56 Å². The molecular weight excluding hydrogens is 236 g/mol. The maximum absolute atomic E-state index is 9.17. The van der Waals surface area contributed by atoms with Crippen LogP contribution in [0.1, 0.15) is 37.2 Å². The van der Waals surface area contributed by atoms with Crippen LogP contribution in [0, 0.1) is 25.2 Å². The molecule has 0 aromatic carbocycles. The van der Waals surface area contributed by atoms with Gasteiger partial charge in [0.05, 0.1) is 16.9 Å². The first-order valence-electron chi connectivity index (χ1n) is 6.96. The quantitative estimate of drug-likeness (QED) is 0.766. The lowest BCUT2D eigenvalue weighted by molar-refractivity contribution is 0.303. The number of aryl methyl sites for hydroxylation is 2. The van der Waals surface area contributed by atoms with Crippen molar-refractivity contribution in [3.63, 3.8) is 0 Å². The van der Waals surface area contributed by atoms with E-state index < -0.39 is 0 Å². The van der Waals surface area contributed by atoms with E-state index in [0.717, 1.165) is 49.7 Å². The van der Waals surface area contributed by atoms with Crippen LogP contribution >= 0.6 is 0 Å². The summed E-state index contributed by atoms with van der Waals surface area (Å²) in [6.45, 7) is 12.3. The number of nitrogens with one attached hydrogen (secondary N) is 1. The Bertz CT molecular complexity index is 444. The van der Waals surface area contributed by atoms with Gasteiger partial charge in [-0.1, -0.05) is 13.8 Å². The first kappa shape index (κ1) is 15.5. The molecule has 0 bridgehead atoms. The number of rotatable bonds is 7. The first-order chi connectivity index (χ1) is 9.12. The number of hydrogen-bond acceptors (Lipinski definition) is 4. The first-order valence-corrected chi connectivity index (χ1v) is 6.96. The summed E-state index contributed by atoms with van der Waals surface area (Å²) in [5.74, 6) is 0. The molecule has 4 heteroatoms. The second-order valence-corrected chi connectivity index (χ2v) is 4.69. The summed E-state index contributed by atoms with van der Waals surface area (Å²) in [4.78, 5) is 6.72. The third kappa shape index (κ3) is 4.53. The molecule has 0 atom stereocenters. The fraction of sp³-hybridized carbons (Fsp3) is 0.600. The van der Waals surface area contributed by atoms with Gasteiger partial charge < -0.3 is 10.2 Å². The Morgan fingerprint density at radius 3 is 2.58 bits per heavy atom. The zero-order valence-electron chi connectivity index (χ0n) is 12.5. The van der Waals surface area contributed by atoms with Gasteiger partial charge in [-0.2, -0.15) is 5.26 Å². The van der Waals surface area contributed by atoms with Crippen LogP contribution < -0.4 is 5.32 Å². The van der Waals surface area contributed by atoms with Crippen LogP contribution in [0.5, 0.6) is 0 Å². The van der Waals surface area contributed by atoms with Crippen LogP contribution in [0.4, 0.5) is 5.69 Å². The molecule has 1 N–H and O–H groups in total. The molecule has 104 valence electrons. The fourth-order valence-corrected chi connectivity index (χ4v) is 2.17. The number of nitriles is 1. The summed E-state index contributed by atoms with van der Waals surface area (Å²) in [7, 11) is 0. The second kappa shape index (κ2) is 7.75. The molecule has 0 aliphatic heterocycles. The number of nitrogens with zero attached hydrogens (tertiary/aromatic N) is 3. The molecule has 0 aliphatic carbocycles. The highest BCUT2D eigenvalue weighted by Crippen LogP contribution is 2.18. The van der Waals surface area contributed by atoms with Gasteiger partial charge in [-0.25, -0.2) is 0 Å². The van der Waals surface area contributed by atoms with Gasteiger partial charge in [0.2, 0.25) is 0 Å². The molecular formula is C15H24N4. The van der Waals surface area contributed by atoms with Crippen molar-refractivity contribution >= 4 is 5.69 Å². The molecule has 1 aromatic rings. The van der Waals surface area contributed by atoms with Crippen molar-refractivity contribution < 1.29 is 0 Å². The smallest absolute Gasteiger partial charge is 0.103 e. The van der Waals surface area contributed by atoms with Gasteiger partial charge in [-0.15, -0.1) is 0 Å². The molecule has 0 fully saturated rings. The summed E-state index contributed by atoms with van der Waals surface area (Å²) < 4.78 is 0. The molecule has 0 spiro atoms. The van der Waals surface area contributed by atoms with Crippen LogP contribution in [0.15, 0.2) is 6.07 Å². The Morgan fingerprint density at radius 1 is 1.32 bits per heavy atom. The largest absolute Gasteiger partial charge is 0.384 e. The Hall–Kier alpha value is -1.60. The van der Waals surface area contributed by atoms with Gasteiger partial charge >= 0.3 is 0 Å². The van der Waals surface area contributed by atoms with Gasteiger partial charge in [0.15, 0.2) is 0 Å². The summed E-state index contributed by atoms with van der Waals surface area (Å²) in [6.07, 6.45) is 1.08. The monoisotopic (exact) mass is 260 g/mol. The van der Waals surface area contributed by atoms with Crippen LogP contribution in [-0.2, 0) is 0 Å². The molecule has 0 unspecified atom stereocenters. The van der Waals surface area contributed by atoms with Crippen molar-refractivity contribution in [1.29, 1.82) is 5.26 Å². The summed E-state index contributed by atoms with van der Waals surface area (Å²) in [5.41, 5.74) is 3.32. The zero-order valence-corrected chi connectivity index (χ0v) is 12.5. The minimum Gasteiger partial charge on any atom is -0.384 e. The summed E-state index contributed by atoms with van der Waals surface area (Å²) >= 11 is 0. The molecule has 19 heavy (non-hydrogen) atoms. The molecule has 0 radical (unpaired) electrons. The van der Waals surface area contributed by atoms with Crippen molar-refractivity contribution in [3.05, 3.63) is 23.0 Å². The maximum Gasteiger partial charge on any atom is 0.103 e. The van der Waals surface area contributed by atoms with Crippen molar-refractivity contribution in [2.24, 2.45) is 0 Å². The number of aromatic nitrogens is 1. The zero-order chi connectivity index (χ0) is 14.3. The lowest BCUT2D eigenvalue weighted by atomic mass is 10.1. The van der Waals surface area contributed by atoms with Crippen LogP contribution in [0.2, 0.25) is 0 Å². The highest BCUT2D eigenvalue weighted by Gasteiger charge is 2.07. The van der Waals surface area contributed by atoms with Gasteiger partial charge in [0, 0.05) is 12.2 Å². The Labute approximate surface area is 116 Å². The van der Waals surface area contributed by atoms with Crippen LogP contribution in [-0.4, -0.2) is 36.1 Å². The Morgan fingerprint density at radius 2 is 2.00 bits per heavy atom. The Kier molecular flexibility index (Phi) is 6.31. The third-order valence-corrected chi connectivity index (χ3v) is 3.30. The third-order valence-electron chi connectivity index (χ3n) is 3.30. The highest BCUT2D eigenvalue weighted by molar-refractivity contribution is 5.59. The number of anilines is 1. The molecule has 0 amide bonds. The number of hydrogen-bond donors (Lipinski definition) is 1. The van der Waals surface area contributed by atoms with E-state index in [-0.39, 0.29) is 0 Å². The fourth-order valence-electron chi connectivity index (χ4n) is 2.17. The molecule has 0 aliphatic rings. The van der Waals surface area contributed by atoms with Crippen molar-refractivity contribution in [2.45, 2.75) is 34.1 Å². The SMILES string of the molecule is CCN(CC)CCCNc1cc(C)nc(C)c1C#N. The predicted octanol–water partition coefficient (Wildman–Crippen LogP) is 2.71. The normalized spacial score (nSPS) is 10.5. The van der Waals surface area contributed by atoms with Crippen molar-refractivity contribution in [1.82, 2.24) is 9.88 Å². The van der Waals surface area contributed by atoms with E-state index in [2.05, 4.69) is 35.1 Å². The molecule has 0 saturated heterocycles.